The molecule has 0 atom stereocenters. The maximum absolute atomic E-state index is 5.59. The van der Waals surface area contributed by atoms with Gasteiger partial charge in [-0.2, -0.15) is 0 Å². The number of nitrogens with zero attached hydrogens (tertiary/aromatic N) is 4. The third-order valence-corrected chi connectivity index (χ3v) is 8.78. The summed E-state index contributed by atoms with van der Waals surface area (Å²) >= 11 is 31.2. The smallest absolute Gasteiger partial charge is 0.180 e. The molecule has 2 aromatic rings. The fourth-order valence-electron chi connectivity index (χ4n) is 4.16. The number of aryl methyl sites for hydroxylation is 2. The van der Waals surface area contributed by atoms with Crippen LogP contribution < -0.4 is 21.3 Å². The van der Waals surface area contributed by atoms with Crippen molar-refractivity contribution in [2.24, 2.45) is 10.8 Å². The van der Waals surface area contributed by atoms with Crippen LogP contribution in [0.5, 0.6) is 0 Å². The Morgan fingerprint density at radius 2 is 1.08 bits per heavy atom. The van der Waals surface area contributed by atoms with Crippen molar-refractivity contribution in [1.82, 2.24) is 39.5 Å². The Hall–Kier alpha value is -1.06. The summed E-state index contributed by atoms with van der Waals surface area (Å²) in [6.45, 7) is 18.3. The number of imidazole rings is 2. The van der Waals surface area contributed by atoms with Gasteiger partial charge >= 0.3 is 0 Å². The number of thiocarbonyl (C=S) groups is 2. The second-order valence-corrected chi connectivity index (χ2v) is 13.6. The lowest BCUT2D eigenvalue weighted by Gasteiger charge is -2.26. The molecule has 0 fully saturated rings. The molecule has 220 valence electrons. The van der Waals surface area contributed by atoms with Crippen molar-refractivity contribution < 1.29 is 0 Å². The molecule has 4 N–H and O–H groups in total. The predicted octanol–water partition coefficient (Wildman–Crippen LogP) is 5.39. The van der Waals surface area contributed by atoms with E-state index in [-0.39, 0.29) is 10.8 Å². The molecule has 0 saturated carbocycles. The van der Waals surface area contributed by atoms with E-state index in [2.05, 4.69) is 97.2 Å². The molecular formula is C25H44N8S6. The predicted molar refractivity (Wildman–Crippen MR) is 181 cm³/mol. The first-order valence-corrected chi connectivity index (χ1v) is 15.7. The molecule has 0 spiro atoms. The zero-order chi connectivity index (χ0) is 29.4. The lowest BCUT2D eigenvalue weighted by atomic mass is 9.89. The highest BCUT2D eigenvalue weighted by Crippen LogP contribution is 2.26. The normalized spacial score (nSPS) is 11.9. The second kappa shape index (κ2) is 15.2. The van der Waals surface area contributed by atoms with Crippen LogP contribution in [0.2, 0.25) is 0 Å². The Bertz CT molecular complexity index is 1140. The number of aromatic nitrogens is 4. The molecule has 2 heterocycles. The summed E-state index contributed by atoms with van der Waals surface area (Å²) in [5.41, 5.74) is 0.0467. The zero-order valence-corrected chi connectivity index (χ0v) is 28.9. The largest absolute Gasteiger partial charge is 0.363 e. The molecule has 0 amide bonds. The van der Waals surface area contributed by atoms with E-state index in [9.17, 15) is 0 Å². The molecule has 0 aliphatic heterocycles. The van der Waals surface area contributed by atoms with E-state index in [0.29, 0.717) is 16.9 Å². The van der Waals surface area contributed by atoms with Crippen molar-refractivity contribution in [2.45, 2.75) is 90.6 Å². The number of thiol groups is 2. The Labute approximate surface area is 265 Å². The maximum Gasteiger partial charge on any atom is 0.180 e. The van der Waals surface area contributed by atoms with Gasteiger partial charge in [-0.05, 0) is 86.4 Å². The van der Waals surface area contributed by atoms with Gasteiger partial charge in [-0.15, -0.1) is 25.3 Å². The summed E-state index contributed by atoms with van der Waals surface area (Å²) in [5, 5.41) is 15.8. The molecule has 2 aromatic heterocycles. The van der Waals surface area contributed by atoms with E-state index < -0.39 is 0 Å². The topological polar surface area (TPSA) is 67.8 Å². The second-order valence-electron chi connectivity index (χ2n) is 11.2. The first kappa shape index (κ1) is 34.1. The van der Waals surface area contributed by atoms with Crippen molar-refractivity contribution in [3.8, 4) is 0 Å². The van der Waals surface area contributed by atoms with E-state index in [4.69, 9.17) is 48.9 Å². The monoisotopic (exact) mass is 648 g/mol. The summed E-state index contributed by atoms with van der Waals surface area (Å²) in [4.78, 5) is 0. The molecule has 8 nitrogen and oxygen atoms in total. The fourth-order valence-corrected chi connectivity index (χ4v) is 5.94. The fraction of sp³-hybridized carbons (Fsp3) is 0.680. The van der Waals surface area contributed by atoms with Crippen LogP contribution in [0.1, 0.15) is 54.4 Å². The molecule has 0 aliphatic carbocycles. The number of rotatable bonds is 14. The van der Waals surface area contributed by atoms with Gasteiger partial charge in [0, 0.05) is 51.7 Å². The summed E-state index contributed by atoms with van der Waals surface area (Å²) in [6.07, 6.45) is 5.83. The van der Waals surface area contributed by atoms with Crippen LogP contribution in [0.25, 0.3) is 0 Å². The number of hydrogen-bond acceptors (Lipinski definition) is 6. The van der Waals surface area contributed by atoms with Crippen molar-refractivity contribution in [2.75, 3.05) is 19.8 Å². The summed E-state index contributed by atoms with van der Waals surface area (Å²) in [7, 11) is 0. The highest BCUT2D eigenvalue weighted by Gasteiger charge is 2.22. The lowest BCUT2D eigenvalue weighted by molar-refractivity contribution is 0.273. The molecule has 0 saturated heterocycles. The van der Waals surface area contributed by atoms with Crippen LogP contribution in [0, 0.1) is 20.4 Å². The highest BCUT2D eigenvalue weighted by atomic mass is 32.1. The van der Waals surface area contributed by atoms with Gasteiger partial charge in [0.2, 0.25) is 0 Å². The van der Waals surface area contributed by atoms with Gasteiger partial charge < -0.3 is 39.5 Å². The van der Waals surface area contributed by atoms with Crippen LogP contribution >= 0.6 is 74.1 Å². The van der Waals surface area contributed by atoms with E-state index >= 15 is 0 Å². The Kier molecular flexibility index (Phi) is 13.3. The van der Waals surface area contributed by atoms with Crippen LogP contribution in [-0.4, -0.2) is 48.3 Å². The van der Waals surface area contributed by atoms with Gasteiger partial charge in [0.05, 0.1) is 16.7 Å². The van der Waals surface area contributed by atoms with Crippen molar-refractivity contribution in [3.05, 3.63) is 21.9 Å². The molecule has 14 heteroatoms. The summed E-state index contributed by atoms with van der Waals surface area (Å²) in [6, 6.07) is 0. The molecular weight excluding hydrogens is 605 g/mol. The van der Waals surface area contributed by atoms with E-state index in [0.717, 1.165) is 71.7 Å². The molecule has 0 radical (unpaired) electrons. The quantitative estimate of drug-likeness (QED) is 0.0927. The first-order valence-electron chi connectivity index (χ1n) is 13.2. The van der Waals surface area contributed by atoms with Gasteiger partial charge in [0.1, 0.15) is 0 Å². The SMILES string of the molecule is CCn1cc(S)n(CC(C)(C)CCNC(=S)NCNC(=S)NCCC(C)(C)Cn2c(S)cn(CC)c2=S)c1=S. The average Bonchev–Trinajstić information content (AvgIpc) is 3.27. The van der Waals surface area contributed by atoms with Crippen molar-refractivity contribution in [1.29, 1.82) is 0 Å². The van der Waals surface area contributed by atoms with E-state index in [1.165, 1.54) is 0 Å². The van der Waals surface area contributed by atoms with E-state index in [1.807, 2.05) is 21.5 Å². The third-order valence-electron chi connectivity index (χ3n) is 6.58. The number of nitrogens with one attached hydrogen (secondary N) is 4. The minimum absolute atomic E-state index is 0.0234. The van der Waals surface area contributed by atoms with E-state index in [1.54, 1.807) is 0 Å². The van der Waals surface area contributed by atoms with Crippen LogP contribution in [-0.2, 0) is 26.2 Å². The van der Waals surface area contributed by atoms with Crippen molar-refractivity contribution in [3.63, 3.8) is 0 Å². The number of hydrogen-bond donors (Lipinski definition) is 6. The van der Waals surface area contributed by atoms with Gasteiger partial charge in [0.25, 0.3) is 0 Å². The Balaban J connectivity index is 1.66. The van der Waals surface area contributed by atoms with Crippen LogP contribution in [0.3, 0.4) is 0 Å². The van der Waals surface area contributed by atoms with Gasteiger partial charge in [-0.1, -0.05) is 27.7 Å². The third kappa shape index (κ3) is 10.7. The molecule has 0 bridgehead atoms. The maximum atomic E-state index is 5.59. The first-order chi connectivity index (χ1) is 18.2. The zero-order valence-electron chi connectivity index (χ0n) is 23.8. The Morgan fingerprint density at radius 1 is 0.718 bits per heavy atom. The van der Waals surface area contributed by atoms with Crippen molar-refractivity contribution >= 4 is 84.4 Å². The Morgan fingerprint density at radius 3 is 1.38 bits per heavy atom. The molecule has 0 aliphatic rings. The van der Waals surface area contributed by atoms with Gasteiger partial charge in [-0.3, -0.25) is 0 Å². The average molecular weight is 649 g/mol. The minimum atomic E-state index is 0.0234. The molecule has 2 rings (SSSR count). The highest BCUT2D eigenvalue weighted by molar-refractivity contribution is 7.80. The summed E-state index contributed by atoms with van der Waals surface area (Å²) < 4.78 is 9.88. The minimum Gasteiger partial charge on any atom is -0.363 e. The lowest BCUT2D eigenvalue weighted by Crippen LogP contribution is -2.46. The van der Waals surface area contributed by atoms with Gasteiger partial charge in [-0.25, -0.2) is 0 Å². The summed E-state index contributed by atoms with van der Waals surface area (Å²) in [5.74, 6) is 0. The molecule has 0 unspecified atom stereocenters. The molecule has 39 heavy (non-hydrogen) atoms. The molecule has 0 aromatic carbocycles. The van der Waals surface area contributed by atoms with Crippen LogP contribution in [0.15, 0.2) is 22.4 Å². The van der Waals surface area contributed by atoms with Crippen LogP contribution in [0.4, 0.5) is 0 Å². The van der Waals surface area contributed by atoms with Gasteiger partial charge in [0.15, 0.2) is 19.8 Å². The standard InChI is InChI=1S/C25H44N8S6/c1-7-30-13-18(34)32(22(30)38)15-24(3,4)9-11-26-20(36)28-17-29-21(37)27-12-10-25(5,6)16-33-19(35)14-31(8-2)23(33)39/h13-14,34-35H,7-12,15-17H2,1-6H3,(H2,26,28,36)(H2,27,29,37).